The number of benzene rings is 1. The largest absolute Gasteiger partial charge is 0.497 e. The van der Waals surface area contributed by atoms with Gasteiger partial charge < -0.3 is 19.7 Å². The monoisotopic (exact) mass is 401 g/mol. The van der Waals surface area contributed by atoms with Crippen LogP contribution in [-0.2, 0) is 0 Å². The van der Waals surface area contributed by atoms with Gasteiger partial charge in [-0.3, -0.25) is 9.59 Å². The molecule has 28 heavy (non-hydrogen) atoms. The van der Waals surface area contributed by atoms with Gasteiger partial charge in [0.15, 0.2) is 0 Å². The van der Waals surface area contributed by atoms with Gasteiger partial charge in [-0.1, -0.05) is 0 Å². The first-order valence-electron chi connectivity index (χ1n) is 8.77. The van der Waals surface area contributed by atoms with Crippen molar-refractivity contribution in [1.82, 2.24) is 4.90 Å². The van der Waals surface area contributed by atoms with Crippen LogP contribution in [0.2, 0.25) is 0 Å². The fourth-order valence-electron chi connectivity index (χ4n) is 2.71. The van der Waals surface area contributed by atoms with E-state index in [4.69, 9.17) is 9.47 Å². The van der Waals surface area contributed by atoms with Crippen molar-refractivity contribution in [2.75, 3.05) is 32.6 Å². The fraction of sp³-hybridized carbons (Fsp3) is 0.350. The molecule has 0 fully saturated rings. The van der Waals surface area contributed by atoms with Crippen LogP contribution >= 0.6 is 11.3 Å². The van der Waals surface area contributed by atoms with Crippen LogP contribution in [0.1, 0.15) is 45.0 Å². The second kappa shape index (κ2) is 9.24. The highest BCUT2D eigenvalue weighted by Gasteiger charge is 2.24. The van der Waals surface area contributed by atoms with E-state index < -0.39 is 5.91 Å². The van der Waals surface area contributed by atoms with Crippen LogP contribution in [0.25, 0.3) is 0 Å². The molecule has 0 aliphatic rings. The van der Waals surface area contributed by atoms with Gasteiger partial charge in [-0.2, -0.15) is 5.26 Å². The molecule has 2 rings (SSSR count). The molecule has 0 unspecified atom stereocenters. The number of hydrogen-bond donors (Lipinski definition) is 1. The van der Waals surface area contributed by atoms with E-state index in [2.05, 4.69) is 11.4 Å². The number of thiophene rings is 1. The SMILES string of the molecule is CCN(CC)C(=O)c1sc(NC(=O)c2cc(OC)cc(OC)c2)c(C#N)c1C. The summed E-state index contributed by atoms with van der Waals surface area (Å²) < 4.78 is 10.4. The van der Waals surface area contributed by atoms with Crippen LogP contribution in [0.5, 0.6) is 11.5 Å². The summed E-state index contributed by atoms with van der Waals surface area (Å²) >= 11 is 1.11. The molecule has 0 aliphatic carbocycles. The minimum atomic E-state index is -0.420. The molecule has 0 atom stereocenters. The Hall–Kier alpha value is -3.05. The maximum atomic E-state index is 12.7. The van der Waals surface area contributed by atoms with Gasteiger partial charge in [-0.05, 0) is 38.5 Å². The molecule has 1 N–H and O–H groups in total. The van der Waals surface area contributed by atoms with Gasteiger partial charge in [0.2, 0.25) is 0 Å². The molecule has 0 aliphatic heterocycles. The summed E-state index contributed by atoms with van der Waals surface area (Å²) in [5.41, 5.74) is 1.19. The van der Waals surface area contributed by atoms with E-state index in [1.165, 1.54) is 14.2 Å². The molecule has 148 valence electrons. The Bertz CT molecular complexity index is 904. The number of nitrogens with zero attached hydrogens (tertiary/aromatic N) is 2. The third-order valence-electron chi connectivity index (χ3n) is 4.34. The average molecular weight is 401 g/mol. The van der Waals surface area contributed by atoms with E-state index in [0.717, 1.165) is 11.3 Å². The molecule has 2 amide bonds. The highest BCUT2D eigenvalue weighted by molar-refractivity contribution is 7.18. The Morgan fingerprint density at radius 2 is 1.71 bits per heavy atom. The lowest BCUT2D eigenvalue weighted by Crippen LogP contribution is -2.30. The predicted octanol–water partition coefficient (Wildman–Crippen LogP) is 3.68. The number of methoxy groups -OCH3 is 2. The zero-order valence-electron chi connectivity index (χ0n) is 16.6. The number of nitriles is 1. The lowest BCUT2D eigenvalue weighted by molar-refractivity contribution is 0.0777. The minimum absolute atomic E-state index is 0.146. The second-order valence-corrected chi connectivity index (χ2v) is 6.93. The van der Waals surface area contributed by atoms with Crippen LogP contribution in [0, 0.1) is 18.3 Å². The van der Waals surface area contributed by atoms with Crippen molar-refractivity contribution in [2.45, 2.75) is 20.8 Å². The van der Waals surface area contributed by atoms with Crippen molar-refractivity contribution in [1.29, 1.82) is 5.26 Å². The van der Waals surface area contributed by atoms with Crippen LogP contribution in [0.3, 0.4) is 0 Å². The van der Waals surface area contributed by atoms with Crippen LogP contribution < -0.4 is 14.8 Å². The van der Waals surface area contributed by atoms with Crippen molar-refractivity contribution in [2.24, 2.45) is 0 Å². The lowest BCUT2D eigenvalue weighted by atomic mass is 10.1. The van der Waals surface area contributed by atoms with E-state index in [1.54, 1.807) is 30.0 Å². The molecule has 0 bridgehead atoms. The van der Waals surface area contributed by atoms with Crippen molar-refractivity contribution in [3.05, 3.63) is 39.8 Å². The average Bonchev–Trinajstić information content (AvgIpc) is 3.03. The number of amides is 2. The van der Waals surface area contributed by atoms with Crippen molar-refractivity contribution in [3.63, 3.8) is 0 Å². The smallest absolute Gasteiger partial charge is 0.264 e. The third-order valence-corrected chi connectivity index (χ3v) is 5.54. The van der Waals surface area contributed by atoms with E-state index in [0.29, 0.717) is 51.2 Å². The van der Waals surface area contributed by atoms with Gasteiger partial charge in [0, 0.05) is 24.7 Å². The van der Waals surface area contributed by atoms with E-state index in [9.17, 15) is 14.9 Å². The topological polar surface area (TPSA) is 91.7 Å². The first kappa shape index (κ1) is 21.3. The number of anilines is 1. The van der Waals surface area contributed by atoms with Crippen molar-refractivity contribution < 1.29 is 19.1 Å². The van der Waals surface area contributed by atoms with E-state index >= 15 is 0 Å². The van der Waals surface area contributed by atoms with Crippen LogP contribution in [-0.4, -0.2) is 44.0 Å². The Morgan fingerprint density at radius 3 is 2.18 bits per heavy atom. The number of carbonyl (C=O) groups excluding carboxylic acids is 2. The Labute approximate surface area is 168 Å². The Kier molecular flexibility index (Phi) is 7.01. The van der Waals surface area contributed by atoms with Crippen LogP contribution in [0.4, 0.5) is 5.00 Å². The Balaban J connectivity index is 2.39. The van der Waals surface area contributed by atoms with Gasteiger partial charge in [0.25, 0.3) is 11.8 Å². The van der Waals surface area contributed by atoms with Gasteiger partial charge in [0.1, 0.15) is 22.6 Å². The lowest BCUT2D eigenvalue weighted by Gasteiger charge is -2.17. The summed E-state index contributed by atoms with van der Waals surface area (Å²) in [7, 11) is 3.00. The highest BCUT2D eigenvalue weighted by atomic mass is 32.1. The number of rotatable bonds is 7. The van der Waals surface area contributed by atoms with Gasteiger partial charge in [-0.15, -0.1) is 11.3 Å². The van der Waals surface area contributed by atoms with Crippen molar-refractivity contribution >= 4 is 28.2 Å². The normalized spacial score (nSPS) is 10.1. The molecular weight excluding hydrogens is 378 g/mol. The van der Waals surface area contributed by atoms with E-state index in [-0.39, 0.29) is 5.91 Å². The zero-order chi connectivity index (χ0) is 20.8. The zero-order valence-corrected chi connectivity index (χ0v) is 17.4. The minimum Gasteiger partial charge on any atom is -0.497 e. The number of hydrogen-bond acceptors (Lipinski definition) is 6. The summed E-state index contributed by atoms with van der Waals surface area (Å²) in [6.07, 6.45) is 0. The molecule has 1 aromatic heterocycles. The molecule has 2 aromatic rings. The van der Waals surface area contributed by atoms with Gasteiger partial charge in [0.05, 0.1) is 24.7 Å². The molecule has 0 saturated heterocycles. The second-order valence-electron chi connectivity index (χ2n) is 5.91. The summed E-state index contributed by atoms with van der Waals surface area (Å²) in [6, 6.07) is 6.90. The van der Waals surface area contributed by atoms with Crippen molar-refractivity contribution in [3.8, 4) is 17.6 Å². The van der Waals surface area contributed by atoms with Gasteiger partial charge in [-0.25, -0.2) is 0 Å². The summed E-state index contributed by atoms with van der Waals surface area (Å²) in [5.74, 6) is 0.388. The quantitative estimate of drug-likeness (QED) is 0.764. The fourth-order valence-corrected chi connectivity index (χ4v) is 3.83. The summed E-state index contributed by atoms with van der Waals surface area (Å²) in [6.45, 7) is 6.65. The number of ether oxygens (including phenoxy) is 2. The summed E-state index contributed by atoms with van der Waals surface area (Å²) in [4.78, 5) is 27.6. The van der Waals surface area contributed by atoms with Gasteiger partial charge >= 0.3 is 0 Å². The number of nitrogens with one attached hydrogen (secondary N) is 1. The standard InChI is InChI=1S/C20H23N3O4S/c1-6-23(7-2)20(25)17-12(3)16(11-21)19(28-17)22-18(24)13-8-14(26-4)10-15(9-13)27-5/h8-10H,6-7H2,1-5H3,(H,22,24). The molecule has 0 radical (unpaired) electrons. The molecule has 0 saturated carbocycles. The van der Waals surface area contributed by atoms with Crippen LogP contribution in [0.15, 0.2) is 18.2 Å². The highest BCUT2D eigenvalue weighted by Crippen LogP contribution is 2.34. The molecular formula is C20H23N3O4S. The molecule has 0 spiro atoms. The molecule has 7 nitrogen and oxygen atoms in total. The maximum Gasteiger partial charge on any atom is 0.264 e. The summed E-state index contributed by atoms with van der Waals surface area (Å²) in [5, 5.41) is 12.6. The molecule has 1 heterocycles. The molecule has 8 heteroatoms. The number of carbonyl (C=O) groups is 2. The molecule has 1 aromatic carbocycles. The first-order valence-corrected chi connectivity index (χ1v) is 9.58. The van der Waals surface area contributed by atoms with E-state index in [1.807, 2.05) is 13.8 Å². The predicted molar refractivity (Wildman–Crippen MR) is 109 cm³/mol. The Morgan fingerprint density at radius 1 is 1.14 bits per heavy atom. The third kappa shape index (κ3) is 4.26. The maximum absolute atomic E-state index is 12.7. The first-order chi connectivity index (χ1) is 13.4.